The predicted molar refractivity (Wildman–Crippen MR) is 102 cm³/mol. The van der Waals surface area contributed by atoms with Crippen LogP contribution >= 0.6 is 0 Å². The van der Waals surface area contributed by atoms with E-state index in [1.807, 2.05) is 52.0 Å². The second-order valence-electron chi connectivity index (χ2n) is 5.84. The van der Waals surface area contributed by atoms with Gasteiger partial charge in [-0.3, -0.25) is 0 Å². The molecule has 0 bridgehead atoms. The average Bonchev–Trinajstić information content (AvgIpc) is 2.56. The Morgan fingerprint density at radius 3 is 2.44 bits per heavy atom. The van der Waals surface area contributed by atoms with Gasteiger partial charge in [0.05, 0.1) is 18.9 Å². The molecule has 1 rings (SSSR count). The van der Waals surface area contributed by atoms with Crippen LogP contribution in [-0.2, 0) is 9.57 Å². The first-order chi connectivity index (χ1) is 12.1. The molecule has 5 heteroatoms. The Kier molecular flexibility index (Phi) is 10.4. The van der Waals surface area contributed by atoms with Gasteiger partial charge in [-0.25, -0.2) is 0 Å². The van der Waals surface area contributed by atoms with Gasteiger partial charge in [0.1, 0.15) is 25.2 Å². The maximum absolute atomic E-state index is 5.92. The molecule has 0 radical (unpaired) electrons. The first-order valence-electron chi connectivity index (χ1n) is 8.70. The molecular formula is C20H31NO4. The number of nitrogens with zero attached hydrogens (tertiary/aromatic N) is 1. The zero-order chi connectivity index (χ0) is 18.5. The predicted octanol–water partition coefficient (Wildman–Crippen LogP) is 4.46. The van der Waals surface area contributed by atoms with Gasteiger partial charge < -0.3 is 19.0 Å². The van der Waals surface area contributed by atoms with Crippen molar-refractivity contribution < 1.29 is 19.0 Å². The fraction of sp³-hybridized carbons (Fsp3) is 0.550. The summed E-state index contributed by atoms with van der Waals surface area (Å²) in [6.45, 7) is 10.5. The fourth-order valence-corrected chi connectivity index (χ4v) is 2.32. The van der Waals surface area contributed by atoms with Crippen LogP contribution in [0.2, 0.25) is 0 Å². The minimum Gasteiger partial charge on any atom is -0.493 e. The van der Waals surface area contributed by atoms with Crippen LogP contribution in [0.25, 0.3) is 0 Å². The van der Waals surface area contributed by atoms with E-state index in [2.05, 4.69) is 5.16 Å². The summed E-state index contributed by atoms with van der Waals surface area (Å²) in [7, 11) is 1.55. The van der Waals surface area contributed by atoms with Gasteiger partial charge in [0.15, 0.2) is 0 Å². The largest absolute Gasteiger partial charge is 0.493 e. The number of hydrogen-bond acceptors (Lipinski definition) is 5. The standard InChI is InChI=1S/C20H31NO4/c1-6-7-11-24-19-14-16(2)20(17(3)15-19)25-12-8-10-23-13-9-18(4)21-22-5/h6-7,14-15H,8-13H2,1-5H3/b7-6+,21-18+. The minimum absolute atomic E-state index is 0.585. The van der Waals surface area contributed by atoms with Crippen LogP contribution < -0.4 is 9.47 Å². The average molecular weight is 349 g/mol. The Bertz CT molecular complexity index is 544. The Labute approximate surface area is 151 Å². The summed E-state index contributed by atoms with van der Waals surface area (Å²) in [6, 6.07) is 4.03. The Balaban J connectivity index is 2.31. The van der Waals surface area contributed by atoms with E-state index in [-0.39, 0.29) is 0 Å². The molecule has 25 heavy (non-hydrogen) atoms. The monoisotopic (exact) mass is 349 g/mol. The van der Waals surface area contributed by atoms with Crippen molar-refractivity contribution in [3.8, 4) is 11.5 Å². The number of benzene rings is 1. The van der Waals surface area contributed by atoms with Gasteiger partial charge in [-0.05, 0) is 51.0 Å². The normalized spacial score (nSPS) is 11.8. The lowest BCUT2D eigenvalue weighted by molar-refractivity contribution is 0.124. The van der Waals surface area contributed by atoms with Gasteiger partial charge in [-0.1, -0.05) is 17.3 Å². The third-order valence-electron chi connectivity index (χ3n) is 3.55. The van der Waals surface area contributed by atoms with Gasteiger partial charge in [0, 0.05) is 19.4 Å². The first kappa shape index (κ1) is 21.0. The minimum atomic E-state index is 0.585. The van der Waals surface area contributed by atoms with E-state index >= 15 is 0 Å². The Morgan fingerprint density at radius 2 is 1.80 bits per heavy atom. The lowest BCUT2D eigenvalue weighted by Crippen LogP contribution is -2.07. The van der Waals surface area contributed by atoms with E-state index < -0.39 is 0 Å². The molecule has 0 N–H and O–H groups in total. The van der Waals surface area contributed by atoms with E-state index in [0.29, 0.717) is 26.4 Å². The quantitative estimate of drug-likeness (QED) is 0.242. The van der Waals surface area contributed by atoms with E-state index in [0.717, 1.165) is 41.2 Å². The third kappa shape index (κ3) is 8.59. The van der Waals surface area contributed by atoms with Gasteiger partial charge in [0.2, 0.25) is 0 Å². The summed E-state index contributed by atoms with van der Waals surface area (Å²) in [5, 5.41) is 3.85. The highest BCUT2D eigenvalue weighted by molar-refractivity contribution is 5.81. The number of aryl methyl sites for hydroxylation is 2. The molecule has 0 fully saturated rings. The van der Waals surface area contributed by atoms with Gasteiger partial charge in [0.25, 0.3) is 0 Å². The van der Waals surface area contributed by atoms with E-state index in [1.165, 1.54) is 0 Å². The summed E-state index contributed by atoms with van der Waals surface area (Å²) in [4.78, 5) is 4.71. The molecule has 0 aliphatic rings. The van der Waals surface area contributed by atoms with Crippen molar-refractivity contribution in [1.82, 2.24) is 0 Å². The molecule has 140 valence electrons. The van der Waals surface area contributed by atoms with Crippen LogP contribution in [0.15, 0.2) is 29.4 Å². The van der Waals surface area contributed by atoms with Gasteiger partial charge >= 0.3 is 0 Å². The van der Waals surface area contributed by atoms with Gasteiger partial charge in [-0.2, -0.15) is 0 Å². The van der Waals surface area contributed by atoms with Gasteiger partial charge in [-0.15, -0.1) is 0 Å². The summed E-state index contributed by atoms with van der Waals surface area (Å²) in [5.74, 6) is 1.80. The number of rotatable bonds is 12. The van der Waals surface area contributed by atoms with Crippen LogP contribution in [0.5, 0.6) is 11.5 Å². The Hall–Kier alpha value is -2.01. The molecule has 0 heterocycles. The van der Waals surface area contributed by atoms with Crippen molar-refractivity contribution in [2.75, 3.05) is 33.5 Å². The fourth-order valence-electron chi connectivity index (χ4n) is 2.32. The molecule has 1 aromatic rings. The molecule has 1 aromatic carbocycles. The Morgan fingerprint density at radius 1 is 1.08 bits per heavy atom. The molecule has 0 amide bonds. The molecule has 0 saturated heterocycles. The third-order valence-corrected chi connectivity index (χ3v) is 3.55. The van der Waals surface area contributed by atoms with Crippen LogP contribution in [0, 0.1) is 13.8 Å². The topological polar surface area (TPSA) is 49.3 Å². The number of oxime groups is 1. The molecule has 0 spiro atoms. The maximum Gasteiger partial charge on any atom is 0.125 e. The zero-order valence-electron chi connectivity index (χ0n) is 16.1. The molecule has 0 aliphatic carbocycles. The zero-order valence-corrected chi connectivity index (χ0v) is 16.1. The van der Waals surface area contributed by atoms with Crippen LogP contribution in [-0.4, -0.2) is 39.2 Å². The van der Waals surface area contributed by atoms with Crippen molar-refractivity contribution in [2.24, 2.45) is 5.16 Å². The van der Waals surface area contributed by atoms with Crippen molar-refractivity contribution >= 4 is 5.71 Å². The summed E-state index contributed by atoms with van der Waals surface area (Å²) in [5.41, 5.74) is 3.10. The summed E-state index contributed by atoms with van der Waals surface area (Å²) < 4.78 is 17.2. The smallest absolute Gasteiger partial charge is 0.125 e. The number of allylic oxidation sites excluding steroid dienone is 1. The van der Waals surface area contributed by atoms with Crippen LogP contribution in [0.4, 0.5) is 0 Å². The summed E-state index contributed by atoms with van der Waals surface area (Å²) >= 11 is 0. The molecule has 0 aromatic heterocycles. The number of ether oxygens (including phenoxy) is 3. The van der Waals surface area contributed by atoms with Crippen molar-refractivity contribution in [3.63, 3.8) is 0 Å². The van der Waals surface area contributed by atoms with Crippen LogP contribution in [0.1, 0.15) is 37.8 Å². The van der Waals surface area contributed by atoms with Crippen molar-refractivity contribution in [3.05, 3.63) is 35.4 Å². The molecule has 0 atom stereocenters. The highest BCUT2D eigenvalue weighted by atomic mass is 16.6. The molecule has 5 nitrogen and oxygen atoms in total. The molecule has 0 aliphatic heterocycles. The van der Waals surface area contributed by atoms with E-state index in [9.17, 15) is 0 Å². The molecule has 0 unspecified atom stereocenters. The highest BCUT2D eigenvalue weighted by Crippen LogP contribution is 2.28. The second-order valence-corrected chi connectivity index (χ2v) is 5.84. The van der Waals surface area contributed by atoms with E-state index in [4.69, 9.17) is 19.0 Å². The maximum atomic E-state index is 5.92. The van der Waals surface area contributed by atoms with Crippen molar-refractivity contribution in [1.29, 1.82) is 0 Å². The SMILES string of the molecule is C/C=C/COc1cc(C)c(OCCCOCC/C(C)=N/OC)c(C)c1. The summed E-state index contributed by atoms with van der Waals surface area (Å²) in [6.07, 6.45) is 5.59. The number of hydrogen-bond donors (Lipinski definition) is 0. The lowest BCUT2D eigenvalue weighted by atomic mass is 10.1. The van der Waals surface area contributed by atoms with Crippen molar-refractivity contribution in [2.45, 2.75) is 40.5 Å². The van der Waals surface area contributed by atoms with E-state index in [1.54, 1.807) is 7.11 Å². The molecular weight excluding hydrogens is 318 g/mol. The highest BCUT2D eigenvalue weighted by Gasteiger charge is 2.07. The molecule has 0 saturated carbocycles. The lowest BCUT2D eigenvalue weighted by Gasteiger charge is -2.14. The van der Waals surface area contributed by atoms with Crippen LogP contribution in [0.3, 0.4) is 0 Å². The first-order valence-corrected chi connectivity index (χ1v) is 8.70. The second kappa shape index (κ2) is 12.4.